The Hall–Kier alpha value is -2.33. The Kier molecular flexibility index (Phi) is 4.60. The number of benzene rings is 2. The number of nitrogens with two attached hydrogens (primary N) is 1. The normalized spacial score (nSPS) is 11.8. The maximum absolute atomic E-state index is 12.0. The molecule has 110 valence electrons. The molecule has 0 bridgehead atoms. The van der Waals surface area contributed by atoms with E-state index in [0.717, 1.165) is 28.1 Å². The third-order valence-electron chi connectivity index (χ3n) is 3.55. The van der Waals surface area contributed by atoms with Crippen molar-refractivity contribution >= 4 is 17.4 Å². The predicted molar refractivity (Wildman–Crippen MR) is 87.6 cm³/mol. The lowest BCUT2D eigenvalue weighted by Crippen LogP contribution is -2.20. The molecular weight excluding hydrogens is 262 g/mol. The molecule has 4 heteroatoms. The van der Waals surface area contributed by atoms with Gasteiger partial charge in [0.25, 0.3) is 0 Å². The van der Waals surface area contributed by atoms with Gasteiger partial charge in [0.2, 0.25) is 0 Å². The Labute approximate surface area is 125 Å². The summed E-state index contributed by atoms with van der Waals surface area (Å²) < 4.78 is 0. The van der Waals surface area contributed by atoms with Crippen LogP contribution in [0.4, 0.5) is 16.2 Å². The van der Waals surface area contributed by atoms with Crippen molar-refractivity contribution in [2.75, 3.05) is 10.6 Å². The predicted octanol–water partition coefficient (Wildman–Crippen LogP) is 3.97. The summed E-state index contributed by atoms with van der Waals surface area (Å²) in [6.45, 7) is 5.93. The van der Waals surface area contributed by atoms with E-state index in [1.807, 2.05) is 63.2 Å². The van der Waals surface area contributed by atoms with Crippen LogP contribution in [0.15, 0.2) is 42.5 Å². The number of anilines is 2. The van der Waals surface area contributed by atoms with E-state index in [4.69, 9.17) is 5.73 Å². The molecule has 0 heterocycles. The van der Waals surface area contributed by atoms with Gasteiger partial charge in [0.15, 0.2) is 0 Å². The molecule has 0 aliphatic carbocycles. The van der Waals surface area contributed by atoms with Gasteiger partial charge in [-0.25, -0.2) is 4.79 Å². The number of aryl methyl sites for hydroxylation is 1. The van der Waals surface area contributed by atoms with Crippen molar-refractivity contribution < 1.29 is 4.79 Å². The van der Waals surface area contributed by atoms with E-state index in [0.29, 0.717) is 0 Å². The summed E-state index contributed by atoms with van der Waals surface area (Å²) in [7, 11) is 0. The van der Waals surface area contributed by atoms with Crippen molar-refractivity contribution in [3.8, 4) is 0 Å². The molecule has 0 spiro atoms. The Morgan fingerprint density at radius 1 is 1.05 bits per heavy atom. The maximum atomic E-state index is 12.0. The third kappa shape index (κ3) is 3.83. The van der Waals surface area contributed by atoms with E-state index in [-0.39, 0.29) is 12.1 Å². The van der Waals surface area contributed by atoms with Crippen molar-refractivity contribution in [3.05, 3.63) is 59.2 Å². The van der Waals surface area contributed by atoms with E-state index in [9.17, 15) is 4.79 Å². The van der Waals surface area contributed by atoms with Gasteiger partial charge < -0.3 is 16.4 Å². The van der Waals surface area contributed by atoms with Crippen LogP contribution in [-0.4, -0.2) is 6.03 Å². The summed E-state index contributed by atoms with van der Waals surface area (Å²) in [6.07, 6.45) is 0. The van der Waals surface area contributed by atoms with Crippen LogP contribution in [-0.2, 0) is 0 Å². The highest BCUT2D eigenvalue weighted by Crippen LogP contribution is 2.19. The molecule has 0 fully saturated rings. The van der Waals surface area contributed by atoms with Crippen LogP contribution in [0.1, 0.15) is 29.7 Å². The molecule has 1 atom stereocenters. The molecule has 4 nitrogen and oxygen atoms in total. The summed E-state index contributed by atoms with van der Waals surface area (Å²) in [5, 5.41) is 5.67. The lowest BCUT2D eigenvalue weighted by Gasteiger charge is -2.12. The molecule has 2 aromatic carbocycles. The molecule has 2 aromatic rings. The summed E-state index contributed by atoms with van der Waals surface area (Å²) in [5.74, 6) is 0. The van der Waals surface area contributed by atoms with Gasteiger partial charge in [0, 0.05) is 17.4 Å². The van der Waals surface area contributed by atoms with Crippen molar-refractivity contribution in [1.29, 1.82) is 0 Å². The molecule has 0 saturated carbocycles. The molecule has 1 unspecified atom stereocenters. The monoisotopic (exact) mass is 283 g/mol. The van der Waals surface area contributed by atoms with Gasteiger partial charge in [-0.05, 0) is 55.7 Å². The van der Waals surface area contributed by atoms with Crippen molar-refractivity contribution in [3.63, 3.8) is 0 Å². The lowest BCUT2D eigenvalue weighted by atomic mass is 10.1. The summed E-state index contributed by atoms with van der Waals surface area (Å²) in [4.78, 5) is 12.0. The van der Waals surface area contributed by atoms with Crippen molar-refractivity contribution in [1.82, 2.24) is 0 Å². The second-order valence-corrected chi connectivity index (χ2v) is 5.24. The van der Waals surface area contributed by atoms with Gasteiger partial charge in [-0.1, -0.05) is 24.3 Å². The Bertz CT molecular complexity index is 633. The fourth-order valence-electron chi connectivity index (χ4n) is 2.04. The first kappa shape index (κ1) is 15.1. The molecule has 2 amide bonds. The van der Waals surface area contributed by atoms with Crippen molar-refractivity contribution in [2.45, 2.75) is 26.8 Å². The minimum atomic E-state index is -0.253. The van der Waals surface area contributed by atoms with Gasteiger partial charge in [-0.3, -0.25) is 0 Å². The number of nitrogens with one attached hydrogen (secondary N) is 2. The summed E-state index contributed by atoms with van der Waals surface area (Å²) in [5.41, 5.74) is 10.6. The second-order valence-electron chi connectivity index (χ2n) is 5.24. The van der Waals surface area contributed by atoms with E-state index in [2.05, 4.69) is 10.6 Å². The minimum absolute atomic E-state index is 0.0113. The Morgan fingerprint density at radius 3 is 2.33 bits per heavy atom. The zero-order chi connectivity index (χ0) is 15.4. The summed E-state index contributed by atoms with van der Waals surface area (Å²) in [6, 6.07) is 13.1. The molecule has 0 aliphatic rings. The number of hydrogen-bond acceptors (Lipinski definition) is 2. The topological polar surface area (TPSA) is 67.2 Å². The SMILES string of the molecule is Cc1cccc(NC(=O)Nc2ccc(C(C)N)cc2)c1C. The molecule has 2 rings (SSSR count). The molecule has 0 aliphatic heterocycles. The largest absolute Gasteiger partial charge is 0.324 e. The summed E-state index contributed by atoms with van der Waals surface area (Å²) >= 11 is 0. The molecule has 21 heavy (non-hydrogen) atoms. The van der Waals surface area contributed by atoms with Gasteiger partial charge in [-0.2, -0.15) is 0 Å². The van der Waals surface area contributed by atoms with Crippen LogP contribution in [0.25, 0.3) is 0 Å². The number of rotatable bonds is 3. The van der Waals surface area contributed by atoms with Crippen molar-refractivity contribution in [2.24, 2.45) is 5.73 Å². The smallest absolute Gasteiger partial charge is 0.323 e. The van der Waals surface area contributed by atoms with Crippen LogP contribution in [0.5, 0.6) is 0 Å². The van der Waals surface area contributed by atoms with Gasteiger partial charge in [-0.15, -0.1) is 0 Å². The van der Waals surface area contributed by atoms with E-state index in [1.54, 1.807) is 0 Å². The molecule has 0 saturated heterocycles. The third-order valence-corrected chi connectivity index (χ3v) is 3.55. The lowest BCUT2D eigenvalue weighted by molar-refractivity contribution is 0.262. The van der Waals surface area contributed by atoms with Gasteiger partial charge in [0.1, 0.15) is 0 Å². The Morgan fingerprint density at radius 2 is 1.71 bits per heavy atom. The van der Waals surface area contributed by atoms with Crippen LogP contribution < -0.4 is 16.4 Å². The first-order valence-corrected chi connectivity index (χ1v) is 6.97. The fourth-order valence-corrected chi connectivity index (χ4v) is 2.04. The molecule has 0 aromatic heterocycles. The number of carbonyl (C=O) groups excluding carboxylic acids is 1. The fraction of sp³-hybridized carbons (Fsp3) is 0.235. The van der Waals surface area contributed by atoms with Crippen LogP contribution in [0.2, 0.25) is 0 Å². The van der Waals surface area contributed by atoms with Crippen LogP contribution >= 0.6 is 0 Å². The Balaban J connectivity index is 2.03. The molecular formula is C17H21N3O. The minimum Gasteiger partial charge on any atom is -0.324 e. The van der Waals surface area contributed by atoms with Crippen LogP contribution in [0.3, 0.4) is 0 Å². The highest BCUT2D eigenvalue weighted by Gasteiger charge is 2.06. The first-order chi connectivity index (χ1) is 9.97. The van der Waals surface area contributed by atoms with Gasteiger partial charge in [0.05, 0.1) is 0 Å². The van der Waals surface area contributed by atoms with E-state index >= 15 is 0 Å². The molecule has 0 radical (unpaired) electrons. The maximum Gasteiger partial charge on any atom is 0.323 e. The number of amides is 2. The number of carbonyl (C=O) groups is 1. The first-order valence-electron chi connectivity index (χ1n) is 6.97. The zero-order valence-corrected chi connectivity index (χ0v) is 12.6. The quantitative estimate of drug-likeness (QED) is 0.798. The van der Waals surface area contributed by atoms with E-state index < -0.39 is 0 Å². The second kappa shape index (κ2) is 6.41. The highest BCUT2D eigenvalue weighted by atomic mass is 16.2. The average molecular weight is 283 g/mol. The zero-order valence-electron chi connectivity index (χ0n) is 12.6. The highest BCUT2D eigenvalue weighted by molar-refractivity contribution is 6.00. The van der Waals surface area contributed by atoms with E-state index in [1.165, 1.54) is 0 Å². The number of urea groups is 1. The molecule has 4 N–H and O–H groups in total. The average Bonchev–Trinajstić information content (AvgIpc) is 2.44. The number of hydrogen-bond donors (Lipinski definition) is 3. The standard InChI is InChI=1S/C17H21N3O/c1-11-5-4-6-16(12(11)2)20-17(21)19-15-9-7-14(8-10-15)13(3)18/h4-10,13H,18H2,1-3H3,(H2,19,20,21). The van der Waals surface area contributed by atoms with Gasteiger partial charge >= 0.3 is 6.03 Å². The van der Waals surface area contributed by atoms with Crippen LogP contribution in [0, 0.1) is 13.8 Å².